The molecule has 0 saturated heterocycles. The molecule has 1 aromatic carbocycles. The molecule has 1 atom stereocenters. The fraction of sp³-hybridized carbons (Fsp3) is 0.360. The lowest BCUT2D eigenvalue weighted by Gasteiger charge is -2.34. The van der Waals surface area contributed by atoms with E-state index in [0.717, 1.165) is 52.6 Å². The van der Waals surface area contributed by atoms with Crippen LogP contribution in [-0.4, -0.2) is 17.4 Å². The maximum absolute atomic E-state index is 14.3. The van der Waals surface area contributed by atoms with Crippen molar-refractivity contribution in [1.29, 1.82) is 0 Å². The highest BCUT2D eigenvalue weighted by atomic mass is 32.2. The van der Waals surface area contributed by atoms with E-state index < -0.39 is 23.5 Å². The van der Waals surface area contributed by atoms with Gasteiger partial charge in [0.25, 0.3) is 5.91 Å². The normalized spacial score (nSPS) is 18.3. The molecule has 2 heterocycles. The second-order valence-corrected chi connectivity index (χ2v) is 10.8. The number of nitrogens with one attached hydrogen (secondary N) is 2. The van der Waals surface area contributed by atoms with Gasteiger partial charge in [-0.2, -0.15) is 0 Å². The van der Waals surface area contributed by atoms with Gasteiger partial charge in [0.1, 0.15) is 11.6 Å². The predicted molar refractivity (Wildman–Crippen MR) is 130 cm³/mol. The zero-order valence-electron chi connectivity index (χ0n) is 18.8. The molecule has 0 bridgehead atoms. The lowest BCUT2D eigenvalue weighted by atomic mass is 9.75. The first-order chi connectivity index (χ1) is 15.8. The minimum absolute atomic E-state index is 0.0382. The molecule has 0 spiro atoms. The zero-order valence-corrected chi connectivity index (χ0v) is 20.4. The third kappa shape index (κ3) is 4.64. The van der Waals surface area contributed by atoms with Gasteiger partial charge in [-0.15, -0.1) is 23.1 Å². The molecule has 1 aromatic heterocycles. The highest BCUT2D eigenvalue weighted by Gasteiger charge is 2.40. The first-order valence-electron chi connectivity index (χ1n) is 11.1. The van der Waals surface area contributed by atoms with Gasteiger partial charge in [-0.3, -0.25) is 9.59 Å². The number of amides is 1. The summed E-state index contributed by atoms with van der Waals surface area (Å²) in [7, 11) is 0. The highest BCUT2D eigenvalue weighted by Crippen LogP contribution is 2.47. The van der Waals surface area contributed by atoms with E-state index in [1.54, 1.807) is 23.1 Å². The molecule has 1 aliphatic carbocycles. The largest absolute Gasteiger partial charge is 0.362 e. The Morgan fingerprint density at radius 1 is 1.24 bits per heavy atom. The lowest BCUT2D eigenvalue weighted by Crippen LogP contribution is -2.35. The Morgan fingerprint density at radius 2 is 2.03 bits per heavy atom. The van der Waals surface area contributed by atoms with E-state index in [1.165, 1.54) is 10.9 Å². The first kappa shape index (κ1) is 23.7. The second kappa shape index (κ2) is 9.81. The van der Waals surface area contributed by atoms with E-state index in [0.29, 0.717) is 23.3 Å². The third-order valence-corrected chi connectivity index (χ3v) is 8.39. The number of carbonyl (C=O) groups excluding carboxylic acids is 2. The van der Waals surface area contributed by atoms with Crippen molar-refractivity contribution in [1.82, 2.24) is 5.32 Å². The fourth-order valence-electron chi connectivity index (χ4n) is 4.43. The predicted octanol–water partition coefficient (Wildman–Crippen LogP) is 6.31. The van der Waals surface area contributed by atoms with E-state index in [4.69, 9.17) is 0 Å². The Bertz CT molecular complexity index is 1180. The monoisotopic (exact) mass is 488 g/mol. The van der Waals surface area contributed by atoms with Gasteiger partial charge < -0.3 is 10.6 Å². The minimum atomic E-state index is -0.846. The number of allylic oxidation sites excluding steroid dienone is 3. The molecule has 174 valence electrons. The molecule has 2 aliphatic rings. The van der Waals surface area contributed by atoms with Crippen molar-refractivity contribution in [2.24, 2.45) is 0 Å². The molecule has 4 rings (SSSR count). The van der Waals surface area contributed by atoms with Crippen molar-refractivity contribution >= 4 is 40.5 Å². The van der Waals surface area contributed by atoms with Crippen LogP contribution in [0.4, 0.5) is 14.5 Å². The summed E-state index contributed by atoms with van der Waals surface area (Å²) in [6, 6.07) is 5.15. The number of Topliss-reactive ketones (excluding diaryl/α,β-unsaturated/α-hetero) is 1. The third-order valence-electron chi connectivity index (χ3n) is 5.91. The molecule has 0 radical (unpaired) electrons. The Labute approximate surface area is 200 Å². The number of thiophene rings is 1. The average Bonchev–Trinajstić information content (AvgIpc) is 3.18. The number of carbonyl (C=O) groups is 2. The SMILES string of the molecule is CCSc1sc(CC)cc1[C@@H]1C(C(=O)Nc2ccc(F)cc2F)=C(C)NC2=C1C(=O)CCC2. The summed E-state index contributed by atoms with van der Waals surface area (Å²) in [5, 5.41) is 5.89. The average molecular weight is 489 g/mol. The topological polar surface area (TPSA) is 58.2 Å². The number of hydrogen-bond donors (Lipinski definition) is 2. The quantitative estimate of drug-likeness (QED) is 0.468. The van der Waals surface area contributed by atoms with Gasteiger partial charge in [0.2, 0.25) is 0 Å². The van der Waals surface area contributed by atoms with Crippen molar-refractivity contribution in [3.05, 3.63) is 68.9 Å². The fourth-order valence-corrected chi connectivity index (χ4v) is 6.81. The summed E-state index contributed by atoms with van der Waals surface area (Å²) >= 11 is 3.40. The van der Waals surface area contributed by atoms with E-state index in [9.17, 15) is 18.4 Å². The first-order valence-corrected chi connectivity index (χ1v) is 12.9. The van der Waals surface area contributed by atoms with Crippen molar-refractivity contribution in [2.45, 2.75) is 56.6 Å². The maximum Gasteiger partial charge on any atom is 0.254 e. The number of benzene rings is 1. The van der Waals surface area contributed by atoms with Gasteiger partial charge in [0.15, 0.2) is 5.78 Å². The van der Waals surface area contributed by atoms with Crippen LogP contribution >= 0.6 is 23.1 Å². The summed E-state index contributed by atoms with van der Waals surface area (Å²) < 4.78 is 28.7. The standard InChI is InChI=1S/C25H26F2N2O2S2/c1-4-15-12-16(25(33-15)32-5-2)22-21(13(3)28-19-7-6-8-20(30)23(19)22)24(31)29-18-10-9-14(26)11-17(18)27/h9-12,22,28H,4-8H2,1-3H3,(H,29,31)/t22-/m1/s1. The lowest BCUT2D eigenvalue weighted by molar-refractivity contribution is -0.116. The molecule has 8 heteroatoms. The van der Waals surface area contributed by atoms with Crippen molar-refractivity contribution < 1.29 is 18.4 Å². The molecule has 1 aliphatic heterocycles. The number of aryl methyl sites for hydroxylation is 1. The number of halogens is 2. The Balaban J connectivity index is 1.83. The van der Waals surface area contributed by atoms with Crippen LogP contribution in [0.15, 0.2) is 51.0 Å². The van der Waals surface area contributed by atoms with E-state index in [-0.39, 0.29) is 11.5 Å². The van der Waals surface area contributed by atoms with Crippen LogP contribution in [0, 0.1) is 11.6 Å². The van der Waals surface area contributed by atoms with Gasteiger partial charge in [0.05, 0.1) is 9.90 Å². The van der Waals surface area contributed by atoms with Gasteiger partial charge in [-0.05, 0) is 55.7 Å². The minimum Gasteiger partial charge on any atom is -0.362 e. The summed E-state index contributed by atoms with van der Waals surface area (Å²) in [5.74, 6) is -1.68. The van der Waals surface area contributed by atoms with Crippen LogP contribution in [-0.2, 0) is 16.0 Å². The molecule has 0 fully saturated rings. The van der Waals surface area contributed by atoms with Crippen LogP contribution in [0.3, 0.4) is 0 Å². The summed E-state index contributed by atoms with van der Waals surface area (Å²) in [4.78, 5) is 27.8. The van der Waals surface area contributed by atoms with Crippen LogP contribution in [0.25, 0.3) is 0 Å². The molecular weight excluding hydrogens is 462 g/mol. The number of dihydropyridines is 1. The Kier molecular flexibility index (Phi) is 7.05. The van der Waals surface area contributed by atoms with Crippen LogP contribution < -0.4 is 10.6 Å². The van der Waals surface area contributed by atoms with Crippen molar-refractivity contribution in [2.75, 3.05) is 11.1 Å². The van der Waals surface area contributed by atoms with Crippen LogP contribution in [0.2, 0.25) is 0 Å². The highest BCUT2D eigenvalue weighted by molar-refractivity contribution is 8.01. The van der Waals surface area contributed by atoms with Gasteiger partial charge >= 0.3 is 0 Å². The number of rotatable bonds is 6. The van der Waals surface area contributed by atoms with Crippen LogP contribution in [0.5, 0.6) is 0 Å². The molecule has 33 heavy (non-hydrogen) atoms. The number of ketones is 1. The van der Waals surface area contributed by atoms with E-state index >= 15 is 0 Å². The molecule has 0 unspecified atom stereocenters. The van der Waals surface area contributed by atoms with Crippen molar-refractivity contribution in [3.63, 3.8) is 0 Å². The summed E-state index contributed by atoms with van der Waals surface area (Å²) in [5.41, 5.74) is 3.40. The van der Waals surface area contributed by atoms with E-state index in [2.05, 4.69) is 30.5 Å². The van der Waals surface area contributed by atoms with Gasteiger partial charge in [-0.25, -0.2) is 8.78 Å². The summed E-state index contributed by atoms with van der Waals surface area (Å²) in [6.07, 6.45) is 2.82. The molecule has 2 N–H and O–H groups in total. The smallest absolute Gasteiger partial charge is 0.254 e. The zero-order chi connectivity index (χ0) is 23.7. The Hall–Kier alpha value is -2.45. The molecular formula is C25H26F2N2O2S2. The molecule has 4 nitrogen and oxygen atoms in total. The second-order valence-electron chi connectivity index (χ2n) is 8.09. The van der Waals surface area contributed by atoms with Crippen LogP contribution in [0.1, 0.15) is 56.4 Å². The molecule has 2 aromatic rings. The summed E-state index contributed by atoms with van der Waals surface area (Å²) in [6.45, 7) is 5.97. The number of anilines is 1. The molecule has 1 amide bonds. The van der Waals surface area contributed by atoms with Gasteiger partial charge in [0, 0.05) is 45.8 Å². The number of hydrogen-bond acceptors (Lipinski definition) is 5. The van der Waals surface area contributed by atoms with E-state index in [1.807, 2.05) is 6.92 Å². The number of thioether (sulfide) groups is 1. The Morgan fingerprint density at radius 3 is 2.73 bits per heavy atom. The van der Waals surface area contributed by atoms with Crippen molar-refractivity contribution in [3.8, 4) is 0 Å². The molecule has 0 saturated carbocycles. The van der Waals surface area contributed by atoms with Gasteiger partial charge in [-0.1, -0.05) is 13.8 Å². The maximum atomic E-state index is 14.3.